The van der Waals surface area contributed by atoms with Gasteiger partial charge >= 0.3 is 6.18 Å². The van der Waals surface area contributed by atoms with E-state index in [1.54, 1.807) is 0 Å². The van der Waals surface area contributed by atoms with Gasteiger partial charge in [-0.15, -0.1) is 0 Å². The minimum atomic E-state index is -4.48. The lowest BCUT2D eigenvalue weighted by molar-refractivity contribution is -0.146. The van der Waals surface area contributed by atoms with Crippen LogP contribution in [-0.4, -0.2) is 36.7 Å². The molecule has 1 aromatic carbocycles. The molecule has 0 spiro atoms. The van der Waals surface area contributed by atoms with Gasteiger partial charge in [0.1, 0.15) is 0 Å². The second-order valence-electron chi connectivity index (χ2n) is 6.11. The molecule has 134 valence electrons. The number of benzene rings is 1. The zero-order valence-electron chi connectivity index (χ0n) is 13.0. The van der Waals surface area contributed by atoms with E-state index in [-0.39, 0.29) is 11.7 Å². The Bertz CT molecular complexity index is 703. The minimum Gasteiger partial charge on any atom is -0.351 e. The molecule has 3 rings (SSSR count). The maximum absolute atomic E-state index is 12.5. The van der Waals surface area contributed by atoms with Crippen LogP contribution in [0.2, 0.25) is 0 Å². The van der Waals surface area contributed by atoms with Gasteiger partial charge in [0.05, 0.1) is 11.5 Å². The number of carbonyl (C=O) groups is 3. The van der Waals surface area contributed by atoms with E-state index < -0.39 is 41.2 Å². The Hall–Kier alpha value is -2.42. The summed E-state index contributed by atoms with van der Waals surface area (Å²) in [6.07, 6.45) is -3.87. The predicted molar refractivity (Wildman–Crippen MR) is 81.5 cm³/mol. The Kier molecular flexibility index (Phi) is 4.51. The van der Waals surface area contributed by atoms with E-state index in [1.807, 2.05) is 0 Å². The van der Waals surface area contributed by atoms with Crippen molar-refractivity contribution in [1.29, 1.82) is 0 Å². The number of halogens is 3. The largest absolute Gasteiger partial charge is 0.416 e. The fourth-order valence-corrected chi connectivity index (χ4v) is 3.14. The number of amides is 2. The molecule has 2 heterocycles. The summed E-state index contributed by atoms with van der Waals surface area (Å²) in [6.45, 7) is 1.06. The second kappa shape index (κ2) is 6.47. The van der Waals surface area contributed by atoms with Gasteiger partial charge in [0, 0.05) is 18.3 Å². The maximum atomic E-state index is 12.5. The number of alkyl halides is 3. The fourth-order valence-electron chi connectivity index (χ4n) is 3.14. The van der Waals surface area contributed by atoms with Crippen LogP contribution in [0.5, 0.6) is 0 Å². The van der Waals surface area contributed by atoms with Crippen LogP contribution < -0.4 is 16.0 Å². The molecule has 0 bridgehead atoms. The number of Topliss-reactive ketones (excluding diaryl/α,β-unsaturated/α-hetero) is 1. The molecule has 0 radical (unpaired) electrons. The van der Waals surface area contributed by atoms with E-state index in [2.05, 4.69) is 16.0 Å². The average Bonchev–Trinajstić information content (AvgIpc) is 2.54. The highest BCUT2D eigenvalue weighted by Crippen LogP contribution is 2.30. The third-order valence-corrected chi connectivity index (χ3v) is 4.46. The normalized spacial score (nSPS) is 26.6. The summed E-state index contributed by atoms with van der Waals surface area (Å²) >= 11 is 0. The Morgan fingerprint density at radius 1 is 1.16 bits per heavy atom. The molecule has 3 atom stereocenters. The van der Waals surface area contributed by atoms with E-state index in [1.165, 1.54) is 0 Å². The summed E-state index contributed by atoms with van der Waals surface area (Å²) in [7, 11) is 0. The zero-order chi connectivity index (χ0) is 18.2. The number of hydrogen-bond acceptors (Lipinski definition) is 4. The Morgan fingerprint density at radius 2 is 1.84 bits per heavy atom. The van der Waals surface area contributed by atoms with E-state index >= 15 is 0 Å². The summed E-state index contributed by atoms with van der Waals surface area (Å²) in [5, 5.41) is 8.07. The molecule has 0 saturated carbocycles. The lowest BCUT2D eigenvalue weighted by atomic mass is 9.79. The van der Waals surface area contributed by atoms with Gasteiger partial charge in [-0.25, -0.2) is 0 Å². The van der Waals surface area contributed by atoms with Crippen LogP contribution in [0, 0.1) is 11.8 Å². The highest BCUT2D eigenvalue weighted by molar-refractivity contribution is 6.23. The monoisotopic (exact) mass is 355 g/mol. The molecule has 1 aromatic rings. The van der Waals surface area contributed by atoms with Crippen molar-refractivity contribution in [2.45, 2.75) is 18.6 Å². The first kappa shape index (κ1) is 17.4. The Balaban J connectivity index is 1.72. The van der Waals surface area contributed by atoms with Crippen LogP contribution in [0.4, 0.5) is 18.9 Å². The molecule has 0 aliphatic carbocycles. The third-order valence-electron chi connectivity index (χ3n) is 4.46. The smallest absolute Gasteiger partial charge is 0.351 e. The highest BCUT2D eigenvalue weighted by Gasteiger charge is 2.47. The number of rotatable bonds is 2. The summed E-state index contributed by atoms with van der Waals surface area (Å²) in [6, 6.07) is 3.52. The van der Waals surface area contributed by atoms with Crippen molar-refractivity contribution in [1.82, 2.24) is 10.6 Å². The molecular formula is C16H16F3N3O3. The Labute approximate surface area is 141 Å². The summed E-state index contributed by atoms with van der Waals surface area (Å²) in [4.78, 5) is 36.9. The quantitative estimate of drug-likeness (QED) is 0.689. The van der Waals surface area contributed by atoms with Crippen molar-refractivity contribution in [2.75, 3.05) is 18.4 Å². The van der Waals surface area contributed by atoms with Crippen molar-refractivity contribution in [2.24, 2.45) is 11.8 Å². The molecule has 6 nitrogen and oxygen atoms in total. The zero-order valence-corrected chi connectivity index (χ0v) is 13.0. The molecule has 2 fully saturated rings. The number of piperidine rings is 2. The standard InChI is InChI=1S/C16H16F3N3O3/c17-16(18,19)8-1-3-9(4-2-8)21-14(24)12-13(23)10-7-20-6-5-11(10)22-15(12)25/h1-4,10-12,20H,5-7H2,(H,21,24)(H,22,25). The van der Waals surface area contributed by atoms with Gasteiger partial charge in [-0.05, 0) is 37.2 Å². The number of nitrogens with one attached hydrogen (secondary N) is 3. The SMILES string of the molecule is O=C(Nc1ccc(C(F)(F)F)cc1)C1C(=O)NC2CCNCC2C1=O. The second-order valence-corrected chi connectivity index (χ2v) is 6.11. The van der Waals surface area contributed by atoms with Crippen molar-refractivity contribution >= 4 is 23.3 Å². The van der Waals surface area contributed by atoms with Crippen LogP contribution in [0.3, 0.4) is 0 Å². The summed E-state index contributed by atoms with van der Waals surface area (Å²) in [5.41, 5.74) is -0.768. The van der Waals surface area contributed by atoms with E-state index in [0.29, 0.717) is 19.5 Å². The molecule has 0 aromatic heterocycles. The van der Waals surface area contributed by atoms with Crippen LogP contribution in [0.25, 0.3) is 0 Å². The van der Waals surface area contributed by atoms with Crippen molar-refractivity contribution in [3.05, 3.63) is 29.8 Å². The topological polar surface area (TPSA) is 87.3 Å². The number of anilines is 1. The number of fused-ring (bicyclic) bond motifs is 1. The van der Waals surface area contributed by atoms with Gasteiger partial charge in [0.2, 0.25) is 11.8 Å². The minimum absolute atomic E-state index is 0.0856. The molecule has 3 unspecified atom stereocenters. The van der Waals surface area contributed by atoms with E-state index in [9.17, 15) is 27.6 Å². The lowest BCUT2D eigenvalue weighted by Gasteiger charge is -2.37. The molecule has 25 heavy (non-hydrogen) atoms. The average molecular weight is 355 g/mol. The van der Waals surface area contributed by atoms with Gasteiger partial charge in [0.15, 0.2) is 11.7 Å². The van der Waals surface area contributed by atoms with E-state index in [0.717, 1.165) is 24.3 Å². The van der Waals surface area contributed by atoms with Gasteiger partial charge in [0.25, 0.3) is 0 Å². The fraction of sp³-hybridized carbons (Fsp3) is 0.438. The van der Waals surface area contributed by atoms with Crippen molar-refractivity contribution in [3.63, 3.8) is 0 Å². The molecule has 2 aliphatic heterocycles. The maximum Gasteiger partial charge on any atom is 0.416 e. The molecule has 2 amide bonds. The Morgan fingerprint density at radius 3 is 2.48 bits per heavy atom. The van der Waals surface area contributed by atoms with Crippen LogP contribution in [0.15, 0.2) is 24.3 Å². The van der Waals surface area contributed by atoms with Crippen LogP contribution in [0.1, 0.15) is 12.0 Å². The first-order chi connectivity index (χ1) is 11.8. The highest BCUT2D eigenvalue weighted by atomic mass is 19.4. The summed E-state index contributed by atoms with van der Waals surface area (Å²) < 4.78 is 37.6. The first-order valence-corrected chi connectivity index (χ1v) is 7.80. The van der Waals surface area contributed by atoms with E-state index in [4.69, 9.17) is 0 Å². The molecular weight excluding hydrogens is 339 g/mol. The first-order valence-electron chi connectivity index (χ1n) is 7.80. The van der Waals surface area contributed by atoms with Gasteiger partial charge in [-0.2, -0.15) is 13.2 Å². The third kappa shape index (κ3) is 3.51. The number of ketones is 1. The summed E-state index contributed by atoms with van der Waals surface area (Å²) in [5.74, 6) is -3.95. The van der Waals surface area contributed by atoms with Gasteiger partial charge < -0.3 is 16.0 Å². The van der Waals surface area contributed by atoms with Crippen LogP contribution in [-0.2, 0) is 20.6 Å². The molecule has 3 N–H and O–H groups in total. The molecule has 9 heteroatoms. The predicted octanol–water partition coefficient (Wildman–Crippen LogP) is 0.937. The van der Waals surface area contributed by atoms with Gasteiger partial charge in [-0.1, -0.05) is 0 Å². The number of carbonyl (C=O) groups excluding carboxylic acids is 3. The van der Waals surface area contributed by atoms with Gasteiger partial charge in [-0.3, -0.25) is 14.4 Å². The number of hydrogen-bond donors (Lipinski definition) is 3. The van der Waals surface area contributed by atoms with Crippen LogP contribution >= 0.6 is 0 Å². The lowest BCUT2D eigenvalue weighted by Crippen LogP contribution is -2.62. The molecule has 2 saturated heterocycles. The van der Waals surface area contributed by atoms with Crippen molar-refractivity contribution < 1.29 is 27.6 Å². The van der Waals surface area contributed by atoms with Crippen molar-refractivity contribution in [3.8, 4) is 0 Å². The molecule has 2 aliphatic rings.